The van der Waals surface area contributed by atoms with Crippen molar-refractivity contribution in [1.82, 2.24) is 9.80 Å². The summed E-state index contributed by atoms with van der Waals surface area (Å²) in [7, 11) is 0. The van der Waals surface area contributed by atoms with Gasteiger partial charge in [-0.3, -0.25) is 9.59 Å². The zero-order chi connectivity index (χ0) is 23.0. The number of nitrogens with zero attached hydrogens (tertiary/aromatic N) is 2. The minimum Gasteiger partial charge on any atom is -0.484 e. The first-order chi connectivity index (χ1) is 16.1. The molecule has 33 heavy (non-hydrogen) atoms. The zero-order valence-electron chi connectivity index (χ0n) is 18.2. The van der Waals surface area contributed by atoms with Gasteiger partial charge < -0.3 is 19.3 Å². The molecule has 7 heteroatoms. The van der Waals surface area contributed by atoms with Crippen LogP contribution in [0.1, 0.15) is 16.8 Å². The Morgan fingerprint density at radius 2 is 1.33 bits per heavy atom. The molecule has 1 heterocycles. The summed E-state index contributed by atoms with van der Waals surface area (Å²) in [5.74, 6) is 0.941. The molecular weight excluding hydrogens is 423 g/mol. The standard InChI is InChI=1S/C26H25FN2O4/c27-24-10-5-4-9-23(24)26(31)29-16-6-15-28(17-18-29)25(30)19-32-20-11-13-22(14-12-20)33-21-7-2-1-3-8-21/h1-5,7-14H,6,15-19H2. The van der Waals surface area contributed by atoms with E-state index in [-0.39, 0.29) is 24.0 Å². The van der Waals surface area contributed by atoms with E-state index >= 15 is 0 Å². The van der Waals surface area contributed by atoms with Gasteiger partial charge in [0.05, 0.1) is 5.56 Å². The minimum atomic E-state index is -0.534. The Hall–Kier alpha value is -3.87. The van der Waals surface area contributed by atoms with Crippen LogP contribution in [0.5, 0.6) is 17.2 Å². The van der Waals surface area contributed by atoms with Crippen LogP contribution in [0, 0.1) is 5.82 Å². The third-order valence-electron chi connectivity index (χ3n) is 5.41. The molecule has 0 aliphatic carbocycles. The lowest BCUT2D eigenvalue weighted by Crippen LogP contribution is -2.39. The molecule has 6 nitrogen and oxygen atoms in total. The summed E-state index contributed by atoms with van der Waals surface area (Å²) in [6.07, 6.45) is 0.622. The fraction of sp³-hybridized carbons (Fsp3) is 0.231. The Bertz CT molecular complexity index is 1090. The molecule has 0 bridgehead atoms. The van der Waals surface area contributed by atoms with E-state index in [0.29, 0.717) is 44.1 Å². The monoisotopic (exact) mass is 448 g/mol. The molecule has 170 valence electrons. The summed E-state index contributed by atoms with van der Waals surface area (Å²) in [5.41, 5.74) is 0.0558. The van der Waals surface area contributed by atoms with Crippen molar-refractivity contribution in [3.8, 4) is 17.2 Å². The summed E-state index contributed by atoms with van der Waals surface area (Å²) in [4.78, 5) is 28.6. The third kappa shape index (κ3) is 5.88. The molecule has 0 spiro atoms. The number of carbonyl (C=O) groups excluding carboxylic acids is 2. The number of hydrogen-bond donors (Lipinski definition) is 0. The van der Waals surface area contributed by atoms with Gasteiger partial charge in [-0.25, -0.2) is 4.39 Å². The maximum absolute atomic E-state index is 14.0. The highest BCUT2D eigenvalue weighted by Crippen LogP contribution is 2.23. The van der Waals surface area contributed by atoms with Crippen LogP contribution in [-0.4, -0.2) is 54.4 Å². The lowest BCUT2D eigenvalue weighted by atomic mass is 10.2. The predicted molar refractivity (Wildman–Crippen MR) is 122 cm³/mol. The number of carbonyl (C=O) groups is 2. The van der Waals surface area contributed by atoms with Crippen molar-refractivity contribution in [1.29, 1.82) is 0 Å². The Kier molecular flexibility index (Phi) is 7.19. The van der Waals surface area contributed by atoms with Crippen LogP contribution in [0.2, 0.25) is 0 Å². The highest BCUT2D eigenvalue weighted by molar-refractivity contribution is 5.94. The molecule has 0 atom stereocenters. The summed E-state index contributed by atoms with van der Waals surface area (Å²) >= 11 is 0. The van der Waals surface area contributed by atoms with Crippen molar-refractivity contribution in [2.75, 3.05) is 32.8 Å². The van der Waals surface area contributed by atoms with E-state index in [2.05, 4.69) is 0 Å². The quantitative estimate of drug-likeness (QED) is 0.562. The van der Waals surface area contributed by atoms with Gasteiger partial charge in [-0.15, -0.1) is 0 Å². The lowest BCUT2D eigenvalue weighted by molar-refractivity contribution is -0.133. The number of para-hydroxylation sites is 1. The summed E-state index contributed by atoms with van der Waals surface area (Å²) in [6, 6.07) is 22.5. The van der Waals surface area contributed by atoms with Crippen molar-refractivity contribution in [3.63, 3.8) is 0 Å². The van der Waals surface area contributed by atoms with Crippen LogP contribution in [-0.2, 0) is 4.79 Å². The first kappa shape index (κ1) is 22.3. The smallest absolute Gasteiger partial charge is 0.260 e. The van der Waals surface area contributed by atoms with Gasteiger partial charge in [0.1, 0.15) is 23.1 Å². The Morgan fingerprint density at radius 3 is 2.09 bits per heavy atom. The normalized spacial score (nSPS) is 13.8. The van der Waals surface area contributed by atoms with Crippen LogP contribution < -0.4 is 9.47 Å². The molecule has 0 radical (unpaired) electrons. The fourth-order valence-corrected chi connectivity index (χ4v) is 3.64. The maximum atomic E-state index is 14.0. The minimum absolute atomic E-state index is 0.0558. The van der Waals surface area contributed by atoms with Crippen LogP contribution in [0.25, 0.3) is 0 Å². The molecule has 1 aliphatic rings. The van der Waals surface area contributed by atoms with Crippen LogP contribution in [0.4, 0.5) is 4.39 Å². The molecule has 2 amide bonds. The van der Waals surface area contributed by atoms with Gasteiger partial charge >= 0.3 is 0 Å². The van der Waals surface area contributed by atoms with Gasteiger partial charge in [-0.2, -0.15) is 0 Å². The number of amides is 2. The highest BCUT2D eigenvalue weighted by atomic mass is 19.1. The predicted octanol–water partition coefficient (Wildman–Crippen LogP) is 4.37. The molecule has 3 aromatic carbocycles. The number of hydrogen-bond acceptors (Lipinski definition) is 4. The topological polar surface area (TPSA) is 59.1 Å². The zero-order valence-corrected chi connectivity index (χ0v) is 18.2. The molecule has 4 rings (SSSR count). The van der Waals surface area contributed by atoms with E-state index in [0.717, 1.165) is 5.75 Å². The molecule has 0 saturated carbocycles. The number of benzene rings is 3. The molecular formula is C26H25FN2O4. The first-order valence-electron chi connectivity index (χ1n) is 10.9. The Morgan fingerprint density at radius 1 is 0.727 bits per heavy atom. The molecule has 3 aromatic rings. The maximum Gasteiger partial charge on any atom is 0.260 e. The average Bonchev–Trinajstić information content (AvgIpc) is 3.10. The second-order valence-electron chi connectivity index (χ2n) is 7.68. The lowest BCUT2D eigenvalue weighted by Gasteiger charge is -2.22. The van der Waals surface area contributed by atoms with Crippen LogP contribution in [0.3, 0.4) is 0 Å². The second kappa shape index (κ2) is 10.6. The molecule has 0 aromatic heterocycles. The van der Waals surface area contributed by atoms with Gasteiger partial charge in [-0.05, 0) is 55.0 Å². The molecule has 0 N–H and O–H groups in total. The SMILES string of the molecule is O=C(COc1ccc(Oc2ccccc2)cc1)N1CCCN(C(=O)c2ccccc2F)CC1. The van der Waals surface area contributed by atoms with Crippen molar-refractivity contribution in [3.05, 3.63) is 90.2 Å². The molecule has 1 aliphatic heterocycles. The van der Waals surface area contributed by atoms with E-state index in [9.17, 15) is 14.0 Å². The number of ether oxygens (including phenoxy) is 2. The van der Waals surface area contributed by atoms with E-state index < -0.39 is 5.82 Å². The van der Waals surface area contributed by atoms with E-state index in [4.69, 9.17) is 9.47 Å². The summed E-state index contributed by atoms with van der Waals surface area (Å²) < 4.78 is 25.4. The largest absolute Gasteiger partial charge is 0.484 e. The Balaban J connectivity index is 1.27. The van der Waals surface area contributed by atoms with Crippen LogP contribution in [0.15, 0.2) is 78.9 Å². The molecule has 1 saturated heterocycles. The van der Waals surface area contributed by atoms with E-state index in [1.807, 2.05) is 30.3 Å². The summed E-state index contributed by atoms with van der Waals surface area (Å²) in [5, 5.41) is 0. The summed E-state index contributed by atoms with van der Waals surface area (Å²) in [6.45, 7) is 1.63. The third-order valence-corrected chi connectivity index (χ3v) is 5.41. The second-order valence-corrected chi connectivity index (χ2v) is 7.68. The van der Waals surface area contributed by atoms with Gasteiger partial charge in [0.25, 0.3) is 11.8 Å². The highest BCUT2D eigenvalue weighted by Gasteiger charge is 2.24. The average molecular weight is 448 g/mol. The van der Waals surface area contributed by atoms with Crippen LogP contribution >= 0.6 is 0 Å². The van der Waals surface area contributed by atoms with Gasteiger partial charge in [0.2, 0.25) is 0 Å². The number of halogens is 1. The molecule has 1 fully saturated rings. The van der Waals surface area contributed by atoms with E-state index in [1.54, 1.807) is 46.2 Å². The fourth-order valence-electron chi connectivity index (χ4n) is 3.64. The molecule has 0 unspecified atom stereocenters. The van der Waals surface area contributed by atoms with Gasteiger partial charge in [0, 0.05) is 26.2 Å². The van der Waals surface area contributed by atoms with E-state index in [1.165, 1.54) is 12.1 Å². The number of rotatable bonds is 6. The van der Waals surface area contributed by atoms with Crippen molar-refractivity contribution in [2.45, 2.75) is 6.42 Å². The van der Waals surface area contributed by atoms with Crippen molar-refractivity contribution < 1.29 is 23.5 Å². The first-order valence-corrected chi connectivity index (χ1v) is 10.9. The van der Waals surface area contributed by atoms with Crippen molar-refractivity contribution in [2.24, 2.45) is 0 Å². The van der Waals surface area contributed by atoms with Gasteiger partial charge in [0.15, 0.2) is 6.61 Å². The van der Waals surface area contributed by atoms with Gasteiger partial charge in [-0.1, -0.05) is 30.3 Å². The van der Waals surface area contributed by atoms with Crippen molar-refractivity contribution >= 4 is 11.8 Å². The Labute approximate surface area is 192 Å².